The molecule has 208 valence electrons. The summed E-state index contributed by atoms with van der Waals surface area (Å²) in [6, 6.07) is 12.2. The molecule has 10 nitrogen and oxygen atoms in total. The molecule has 0 unspecified atom stereocenters. The minimum atomic E-state index is -1.07. The molecule has 2 aromatic carbocycles. The lowest BCUT2D eigenvalue weighted by atomic mass is 10.0. The van der Waals surface area contributed by atoms with Gasteiger partial charge in [0.25, 0.3) is 0 Å². The van der Waals surface area contributed by atoms with Crippen LogP contribution in [0.1, 0.15) is 49.5 Å². The summed E-state index contributed by atoms with van der Waals surface area (Å²) in [5.74, 6) is -0.725. The monoisotopic (exact) mass is 536 g/mol. The fourth-order valence-electron chi connectivity index (χ4n) is 4.45. The van der Waals surface area contributed by atoms with Gasteiger partial charge in [-0.1, -0.05) is 12.1 Å². The van der Waals surface area contributed by atoms with Gasteiger partial charge in [-0.2, -0.15) is 0 Å². The minimum Gasteiger partial charge on any atom is -0.478 e. The van der Waals surface area contributed by atoms with Crippen LogP contribution in [-0.4, -0.2) is 71.7 Å². The van der Waals surface area contributed by atoms with Crippen LogP contribution in [0, 0.1) is 5.92 Å². The summed E-state index contributed by atoms with van der Waals surface area (Å²) >= 11 is 0. The van der Waals surface area contributed by atoms with Crippen molar-refractivity contribution in [3.8, 4) is 0 Å². The van der Waals surface area contributed by atoms with Crippen LogP contribution in [-0.2, 0) is 20.7 Å². The smallest absolute Gasteiger partial charge is 0.408 e. The maximum absolute atomic E-state index is 13.2. The zero-order chi connectivity index (χ0) is 28.2. The predicted molar refractivity (Wildman–Crippen MR) is 147 cm³/mol. The average Bonchev–Trinajstić information content (AvgIpc) is 3.67. The first kappa shape index (κ1) is 28.1. The van der Waals surface area contributed by atoms with Gasteiger partial charge in [0.1, 0.15) is 11.6 Å². The molecule has 0 spiro atoms. The van der Waals surface area contributed by atoms with Crippen LogP contribution < -0.4 is 15.5 Å². The molecule has 1 saturated heterocycles. The number of carbonyl (C=O) groups excluding carboxylic acids is 3. The number of benzene rings is 2. The van der Waals surface area contributed by atoms with Gasteiger partial charge in [-0.15, -0.1) is 0 Å². The Bertz CT molecular complexity index is 1200. The molecular weight excluding hydrogens is 500 g/mol. The van der Waals surface area contributed by atoms with Crippen LogP contribution in [0.3, 0.4) is 0 Å². The van der Waals surface area contributed by atoms with E-state index >= 15 is 0 Å². The number of carboxylic acid groups (broad SMARTS) is 1. The first-order valence-electron chi connectivity index (χ1n) is 13.2. The number of hydrogen-bond donors (Lipinski definition) is 3. The number of ether oxygens (including phenoxy) is 1. The normalized spacial score (nSPS) is 16.9. The number of alkyl carbamates (subject to hydrolysis) is 1. The van der Waals surface area contributed by atoms with Gasteiger partial charge in [-0.3, -0.25) is 14.5 Å². The molecule has 2 aliphatic rings. The van der Waals surface area contributed by atoms with Crippen LogP contribution in [0.15, 0.2) is 48.5 Å². The van der Waals surface area contributed by atoms with Crippen LogP contribution in [0.5, 0.6) is 0 Å². The van der Waals surface area contributed by atoms with E-state index in [9.17, 15) is 19.2 Å². The summed E-state index contributed by atoms with van der Waals surface area (Å²) < 4.78 is 5.35. The van der Waals surface area contributed by atoms with Gasteiger partial charge in [0.15, 0.2) is 0 Å². The van der Waals surface area contributed by atoms with E-state index in [4.69, 9.17) is 9.84 Å². The van der Waals surface area contributed by atoms with E-state index in [1.165, 1.54) is 37.1 Å². The Morgan fingerprint density at radius 3 is 2.26 bits per heavy atom. The van der Waals surface area contributed by atoms with Gasteiger partial charge in [0, 0.05) is 37.4 Å². The first-order chi connectivity index (χ1) is 18.5. The number of aromatic carboxylic acids is 1. The van der Waals surface area contributed by atoms with Gasteiger partial charge in [0.05, 0.1) is 12.1 Å². The molecule has 0 radical (unpaired) electrons. The SMILES string of the molecule is CC(C)(C)OC(=O)N[C@@H](Cc1ccc(N2CCN(CC3CC3)CC2=O)cc1)C(=O)Nc1ccc(C(=O)O)cc1. The third-order valence-corrected chi connectivity index (χ3v) is 6.61. The Kier molecular flexibility index (Phi) is 8.54. The molecule has 10 heteroatoms. The zero-order valence-corrected chi connectivity index (χ0v) is 22.6. The lowest BCUT2D eigenvalue weighted by Crippen LogP contribution is -2.51. The van der Waals surface area contributed by atoms with Crippen LogP contribution in [0.4, 0.5) is 16.2 Å². The molecule has 0 aromatic heterocycles. The summed E-state index contributed by atoms with van der Waals surface area (Å²) in [5, 5.41) is 14.5. The number of piperazine rings is 1. The second kappa shape index (κ2) is 11.9. The molecular formula is C29H36N4O6. The summed E-state index contributed by atoms with van der Waals surface area (Å²) in [6.07, 6.45) is 1.97. The fourth-order valence-corrected chi connectivity index (χ4v) is 4.45. The lowest BCUT2D eigenvalue weighted by Gasteiger charge is -2.34. The number of carboxylic acids is 1. The van der Waals surface area contributed by atoms with Crippen LogP contribution in [0.2, 0.25) is 0 Å². The van der Waals surface area contributed by atoms with Gasteiger partial charge in [-0.25, -0.2) is 9.59 Å². The number of anilines is 2. The zero-order valence-electron chi connectivity index (χ0n) is 22.6. The molecule has 1 aliphatic carbocycles. The van der Waals surface area contributed by atoms with E-state index in [1.54, 1.807) is 25.7 Å². The van der Waals surface area contributed by atoms with Gasteiger partial charge in [0.2, 0.25) is 11.8 Å². The Morgan fingerprint density at radius 2 is 1.69 bits per heavy atom. The van der Waals surface area contributed by atoms with E-state index in [2.05, 4.69) is 15.5 Å². The molecule has 3 amide bonds. The van der Waals surface area contributed by atoms with Crippen molar-refractivity contribution in [3.63, 3.8) is 0 Å². The van der Waals surface area contributed by atoms with Crippen molar-refractivity contribution in [3.05, 3.63) is 59.7 Å². The number of carbonyl (C=O) groups is 4. The first-order valence-corrected chi connectivity index (χ1v) is 13.2. The standard InChI is InChI=1S/C29H36N4O6/c1-29(2,3)39-28(38)31-24(26(35)30-22-10-8-21(9-11-22)27(36)37)16-19-6-12-23(13-7-19)33-15-14-32(18-25(33)34)17-20-4-5-20/h6-13,20,24H,4-5,14-18H2,1-3H3,(H,30,35)(H,31,38)(H,36,37)/t24-/m0/s1. The average molecular weight is 537 g/mol. The van der Waals surface area contributed by atoms with E-state index in [0.717, 1.165) is 30.3 Å². The molecule has 4 rings (SSSR count). The molecule has 1 heterocycles. The molecule has 1 atom stereocenters. The Balaban J connectivity index is 1.42. The number of nitrogens with one attached hydrogen (secondary N) is 2. The largest absolute Gasteiger partial charge is 0.478 e. The summed E-state index contributed by atoms with van der Waals surface area (Å²) in [6.45, 7) is 8.10. The molecule has 1 saturated carbocycles. The van der Waals surface area contributed by atoms with Crippen molar-refractivity contribution in [2.75, 3.05) is 36.4 Å². The highest BCUT2D eigenvalue weighted by Gasteiger charge is 2.30. The molecule has 39 heavy (non-hydrogen) atoms. The third-order valence-electron chi connectivity index (χ3n) is 6.61. The quantitative estimate of drug-likeness (QED) is 0.447. The molecule has 1 aliphatic heterocycles. The van der Waals surface area contributed by atoms with E-state index in [1.807, 2.05) is 24.3 Å². The molecule has 2 aromatic rings. The lowest BCUT2D eigenvalue weighted by molar-refractivity contribution is -0.121. The van der Waals surface area contributed by atoms with Gasteiger partial charge < -0.3 is 25.4 Å². The predicted octanol–water partition coefficient (Wildman–Crippen LogP) is 3.52. The van der Waals surface area contributed by atoms with Crippen LogP contribution in [0.25, 0.3) is 0 Å². The molecule has 2 fully saturated rings. The summed E-state index contributed by atoms with van der Waals surface area (Å²) in [5.41, 5.74) is 1.34. The van der Waals surface area contributed by atoms with Gasteiger partial charge >= 0.3 is 12.1 Å². The maximum atomic E-state index is 13.2. The van der Waals surface area contributed by atoms with Crippen molar-refractivity contribution >= 4 is 35.3 Å². The van der Waals surface area contributed by atoms with Crippen molar-refractivity contribution in [2.24, 2.45) is 5.92 Å². The van der Waals surface area contributed by atoms with Crippen molar-refractivity contribution in [1.82, 2.24) is 10.2 Å². The Morgan fingerprint density at radius 1 is 1.03 bits per heavy atom. The topological polar surface area (TPSA) is 128 Å². The van der Waals surface area contributed by atoms with Crippen molar-refractivity contribution < 1.29 is 29.0 Å². The second-order valence-corrected chi connectivity index (χ2v) is 11.2. The Hall–Kier alpha value is -3.92. The summed E-state index contributed by atoms with van der Waals surface area (Å²) in [7, 11) is 0. The minimum absolute atomic E-state index is 0.0763. The number of amides is 3. The highest BCUT2D eigenvalue weighted by molar-refractivity contribution is 5.97. The number of rotatable bonds is 9. The highest BCUT2D eigenvalue weighted by Crippen LogP contribution is 2.30. The molecule has 0 bridgehead atoms. The highest BCUT2D eigenvalue weighted by atomic mass is 16.6. The number of hydrogen-bond acceptors (Lipinski definition) is 6. The van der Waals surface area contributed by atoms with Gasteiger partial charge in [-0.05, 0) is 81.5 Å². The molecule has 3 N–H and O–H groups in total. The van der Waals surface area contributed by atoms with Crippen molar-refractivity contribution in [1.29, 1.82) is 0 Å². The van der Waals surface area contributed by atoms with E-state index < -0.39 is 29.6 Å². The van der Waals surface area contributed by atoms with E-state index in [0.29, 0.717) is 18.8 Å². The third kappa shape index (κ3) is 8.28. The summed E-state index contributed by atoms with van der Waals surface area (Å²) in [4.78, 5) is 53.5. The number of nitrogens with zero attached hydrogens (tertiary/aromatic N) is 2. The second-order valence-electron chi connectivity index (χ2n) is 11.2. The Labute approximate surface area is 228 Å². The maximum Gasteiger partial charge on any atom is 0.408 e. The van der Waals surface area contributed by atoms with E-state index in [-0.39, 0.29) is 17.9 Å². The fraction of sp³-hybridized carbons (Fsp3) is 0.448. The van der Waals surface area contributed by atoms with Crippen molar-refractivity contribution in [2.45, 2.75) is 51.7 Å². The van der Waals surface area contributed by atoms with Crippen LogP contribution >= 0.6 is 0 Å².